The van der Waals surface area contributed by atoms with Crippen LogP contribution in [0.2, 0.25) is 0 Å². The molecule has 4 aromatic rings. The molecule has 2 aromatic carbocycles. The maximum Gasteiger partial charge on any atom is 0.253 e. The molecule has 0 bridgehead atoms. The number of pyridine rings is 1. The van der Waals surface area contributed by atoms with Crippen LogP contribution in [0.25, 0.3) is 22.0 Å². The number of piperazine rings is 1. The summed E-state index contributed by atoms with van der Waals surface area (Å²) in [4.78, 5) is 21.2. The number of hydrogen-bond donors (Lipinski definition) is 0. The minimum Gasteiger partial charge on any atom is -0.348 e. The van der Waals surface area contributed by atoms with E-state index in [4.69, 9.17) is 0 Å². The van der Waals surface area contributed by atoms with Gasteiger partial charge in [-0.1, -0.05) is 18.2 Å². The maximum atomic E-state index is 13.4. The Kier molecular flexibility index (Phi) is 5.23. The SMILES string of the molecule is CC1CN(C(=O)c2ccccc2)CCN1c1nnc(-c2ccc(F)cc2)c2ccncc12. The quantitative estimate of drug-likeness (QED) is 0.491. The highest BCUT2D eigenvalue weighted by molar-refractivity contribution is 6.00. The van der Waals surface area contributed by atoms with Crippen molar-refractivity contribution < 1.29 is 9.18 Å². The molecule has 2 aromatic heterocycles. The largest absolute Gasteiger partial charge is 0.348 e. The molecular weight excluding hydrogens is 405 g/mol. The van der Waals surface area contributed by atoms with E-state index in [1.54, 1.807) is 24.5 Å². The second kappa shape index (κ2) is 8.34. The fourth-order valence-corrected chi connectivity index (χ4v) is 4.24. The monoisotopic (exact) mass is 427 g/mol. The third-order valence-electron chi connectivity index (χ3n) is 5.89. The van der Waals surface area contributed by atoms with E-state index in [1.807, 2.05) is 41.3 Å². The highest BCUT2D eigenvalue weighted by Crippen LogP contribution is 2.32. The number of halogens is 1. The highest BCUT2D eigenvalue weighted by atomic mass is 19.1. The molecule has 0 spiro atoms. The lowest BCUT2D eigenvalue weighted by Crippen LogP contribution is -2.54. The summed E-state index contributed by atoms with van der Waals surface area (Å²) in [6, 6.07) is 17.6. The van der Waals surface area contributed by atoms with Gasteiger partial charge in [0.2, 0.25) is 0 Å². The number of fused-ring (bicyclic) bond motifs is 1. The number of hydrogen-bond acceptors (Lipinski definition) is 5. The molecule has 6 nitrogen and oxygen atoms in total. The van der Waals surface area contributed by atoms with Crippen LogP contribution in [0.15, 0.2) is 73.1 Å². The molecule has 1 amide bonds. The van der Waals surface area contributed by atoms with E-state index in [0.29, 0.717) is 30.9 Å². The molecule has 1 aliphatic rings. The van der Waals surface area contributed by atoms with Gasteiger partial charge in [-0.25, -0.2) is 4.39 Å². The number of carbonyl (C=O) groups excluding carboxylic acids is 1. The van der Waals surface area contributed by atoms with E-state index < -0.39 is 0 Å². The highest BCUT2D eigenvalue weighted by Gasteiger charge is 2.29. The third-order valence-corrected chi connectivity index (χ3v) is 5.89. The summed E-state index contributed by atoms with van der Waals surface area (Å²) in [5, 5.41) is 10.8. The molecule has 0 aliphatic carbocycles. The molecular formula is C25H22FN5O. The van der Waals surface area contributed by atoms with Gasteiger partial charge in [-0.15, -0.1) is 10.2 Å². The predicted octanol–water partition coefficient (Wildman–Crippen LogP) is 4.18. The van der Waals surface area contributed by atoms with Crippen molar-refractivity contribution in [3.63, 3.8) is 0 Å². The Morgan fingerprint density at radius 1 is 0.969 bits per heavy atom. The van der Waals surface area contributed by atoms with Crippen molar-refractivity contribution in [2.24, 2.45) is 0 Å². The average Bonchev–Trinajstić information content (AvgIpc) is 2.84. The van der Waals surface area contributed by atoms with Gasteiger partial charge in [0.05, 0.1) is 0 Å². The van der Waals surface area contributed by atoms with Gasteiger partial charge in [0.1, 0.15) is 11.5 Å². The normalized spacial score (nSPS) is 16.4. The van der Waals surface area contributed by atoms with Crippen LogP contribution in [-0.2, 0) is 0 Å². The zero-order valence-electron chi connectivity index (χ0n) is 17.6. The fourth-order valence-electron chi connectivity index (χ4n) is 4.24. The zero-order chi connectivity index (χ0) is 22.1. The number of benzene rings is 2. The third kappa shape index (κ3) is 3.66. The minimum atomic E-state index is -0.291. The van der Waals surface area contributed by atoms with Crippen molar-refractivity contribution >= 4 is 22.5 Å². The summed E-state index contributed by atoms with van der Waals surface area (Å²) in [6.45, 7) is 3.93. The van der Waals surface area contributed by atoms with Crippen LogP contribution in [0.1, 0.15) is 17.3 Å². The Balaban J connectivity index is 1.45. The first-order valence-electron chi connectivity index (χ1n) is 10.6. The molecule has 0 saturated carbocycles. The van der Waals surface area contributed by atoms with E-state index >= 15 is 0 Å². The molecule has 1 aliphatic heterocycles. The first-order valence-corrected chi connectivity index (χ1v) is 10.6. The van der Waals surface area contributed by atoms with Crippen LogP contribution in [0.4, 0.5) is 10.2 Å². The van der Waals surface area contributed by atoms with Gasteiger partial charge in [0.25, 0.3) is 5.91 Å². The van der Waals surface area contributed by atoms with Gasteiger partial charge in [-0.3, -0.25) is 9.78 Å². The summed E-state index contributed by atoms with van der Waals surface area (Å²) in [7, 11) is 0. The van der Waals surface area contributed by atoms with Crippen molar-refractivity contribution in [3.8, 4) is 11.3 Å². The summed E-state index contributed by atoms with van der Waals surface area (Å²) in [5.41, 5.74) is 2.19. The number of carbonyl (C=O) groups is 1. The predicted molar refractivity (Wildman–Crippen MR) is 122 cm³/mol. The van der Waals surface area contributed by atoms with Gasteiger partial charge in [0.15, 0.2) is 5.82 Å². The van der Waals surface area contributed by atoms with Gasteiger partial charge >= 0.3 is 0 Å². The van der Waals surface area contributed by atoms with Crippen LogP contribution in [-0.4, -0.2) is 51.7 Å². The molecule has 0 radical (unpaired) electrons. The Bertz CT molecular complexity index is 1260. The molecule has 32 heavy (non-hydrogen) atoms. The molecule has 5 rings (SSSR count). The Hall–Kier alpha value is -3.87. The lowest BCUT2D eigenvalue weighted by molar-refractivity contribution is 0.0726. The van der Waals surface area contributed by atoms with E-state index in [2.05, 4.69) is 27.0 Å². The minimum absolute atomic E-state index is 0.0429. The van der Waals surface area contributed by atoms with Crippen LogP contribution < -0.4 is 4.90 Å². The summed E-state index contributed by atoms with van der Waals surface area (Å²) in [6.07, 6.45) is 3.52. The van der Waals surface area contributed by atoms with E-state index in [-0.39, 0.29) is 17.8 Å². The van der Waals surface area contributed by atoms with Gasteiger partial charge in [-0.2, -0.15) is 0 Å². The van der Waals surface area contributed by atoms with Crippen molar-refractivity contribution in [3.05, 3.63) is 84.4 Å². The lowest BCUT2D eigenvalue weighted by atomic mass is 10.0. The molecule has 1 unspecified atom stereocenters. The Morgan fingerprint density at radius 3 is 2.50 bits per heavy atom. The van der Waals surface area contributed by atoms with Crippen LogP contribution in [0, 0.1) is 5.82 Å². The van der Waals surface area contributed by atoms with Crippen molar-refractivity contribution in [2.75, 3.05) is 24.5 Å². The fraction of sp³-hybridized carbons (Fsp3) is 0.200. The molecule has 1 fully saturated rings. The first-order chi connectivity index (χ1) is 15.6. The van der Waals surface area contributed by atoms with E-state index in [9.17, 15) is 9.18 Å². The van der Waals surface area contributed by atoms with Crippen LogP contribution >= 0.6 is 0 Å². The molecule has 1 atom stereocenters. The smallest absolute Gasteiger partial charge is 0.253 e. The standard InChI is InChI=1S/C25H22FN5O/c1-17-16-30(25(32)19-5-3-2-4-6-19)13-14-31(17)24-22-15-27-12-11-21(22)23(28-29-24)18-7-9-20(26)10-8-18/h2-12,15,17H,13-14,16H2,1H3. The summed E-state index contributed by atoms with van der Waals surface area (Å²) < 4.78 is 13.4. The molecule has 3 heterocycles. The van der Waals surface area contributed by atoms with E-state index in [1.165, 1.54) is 12.1 Å². The number of aromatic nitrogens is 3. The topological polar surface area (TPSA) is 62.2 Å². The van der Waals surface area contributed by atoms with Crippen molar-refractivity contribution in [2.45, 2.75) is 13.0 Å². The second-order valence-corrected chi connectivity index (χ2v) is 7.96. The first kappa shape index (κ1) is 20.1. The van der Waals surface area contributed by atoms with Crippen molar-refractivity contribution in [1.29, 1.82) is 0 Å². The molecule has 160 valence electrons. The van der Waals surface area contributed by atoms with Gasteiger partial charge < -0.3 is 9.80 Å². The van der Waals surface area contributed by atoms with E-state index in [0.717, 1.165) is 22.2 Å². The molecule has 7 heteroatoms. The number of amides is 1. The molecule has 1 saturated heterocycles. The maximum absolute atomic E-state index is 13.4. The zero-order valence-corrected chi connectivity index (χ0v) is 17.6. The number of nitrogens with zero attached hydrogens (tertiary/aromatic N) is 5. The van der Waals surface area contributed by atoms with Gasteiger partial charge in [-0.05, 0) is 49.4 Å². The van der Waals surface area contributed by atoms with Crippen molar-refractivity contribution in [1.82, 2.24) is 20.1 Å². The summed E-state index contributed by atoms with van der Waals surface area (Å²) in [5.74, 6) is 0.501. The van der Waals surface area contributed by atoms with Gasteiger partial charge in [0, 0.05) is 60.0 Å². The number of anilines is 1. The second-order valence-electron chi connectivity index (χ2n) is 7.96. The average molecular weight is 427 g/mol. The summed E-state index contributed by atoms with van der Waals surface area (Å²) >= 11 is 0. The lowest BCUT2D eigenvalue weighted by Gasteiger charge is -2.40. The number of rotatable bonds is 3. The Labute approximate surface area is 185 Å². The Morgan fingerprint density at radius 2 is 1.75 bits per heavy atom. The van der Waals surface area contributed by atoms with Crippen LogP contribution in [0.3, 0.4) is 0 Å². The molecule has 0 N–H and O–H groups in total. The van der Waals surface area contributed by atoms with Crippen LogP contribution in [0.5, 0.6) is 0 Å².